The number of rotatable bonds is 8. The molecule has 3 N–H and O–H groups in total. The average molecular weight is 458 g/mol. The molecule has 32 heavy (non-hydrogen) atoms. The lowest BCUT2D eigenvalue weighted by atomic mass is 9.81. The van der Waals surface area contributed by atoms with Crippen LogP contribution in [0.4, 0.5) is 0 Å². The fraction of sp³-hybridized carbons (Fsp3) is 0.409. The van der Waals surface area contributed by atoms with Crippen LogP contribution in [0, 0.1) is 5.92 Å². The molecule has 2 aromatic rings. The highest BCUT2D eigenvalue weighted by Gasteiger charge is 2.49. The molecule has 170 valence electrons. The molecule has 0 saturated carbocycles. The van der Waals surface area contributed by atoms with E-state index >= 15 is 0 Å². The highest BCUT2D eigenvalue weighted by molar-refractivity contribution is 7.07. The SMILES string of the molecule is CC(=O)N[C@@H](C(=O)N1CC(NC(=O)CNC(=O)c2cscn2)(c2ccccc2)C1)C(C)C. The Kier molecular flexibility index (Phi) is 7.24. The van der Waals surface area contributed by atoms with E-state index in [1.54, 1.807) is 15.8 Å². The molecule has 1 aromatic heterocycles. The summed E-state index contributed by atoms with van der Waals surface area (Å²) in [5.41, 5.74) is 1.91. The number of amides is 4. The lowest BCUT2D eigenvalue weighted by molar-refractivity contribution is -0.147. The van der Waals surface area contributed by atoms with E-state index in [2.05, 4.69) is 20.9 Å². The predicted molar refractivity (Wildman–Crippen MR) is 120 cm³/mol. The zero-order valence-corrected chi connectivity index (χ0v) is 19.1. The first-order valence-electron chi connectivity index (χ1n) is 10.3. The summed E-state index contributed by atoms with van der Waals surface area (Å²) in [6, 6.07) is 8.76. The molecule has 9 nitrogen and oxygen atoms in total. The van der Waals surface area contributed by atoms with Crippen molar-refractivity contribution in [2.24, 2.45) is 5.92 Å². The van der Waals surface area contributed by atoms with E-state index in [0.717, 1.165) is 5.56 Å². The van der Waals surface area contributed by atoms with Gasteiger partial charge in [0.2, 0.25) is 17.7 Å². The summed E-state index contributed by atoms with van der Waals surface area (Å²) in [5, 5.41) is 9.87. The molecule has 0 bridgehead atoms. The molecule has 0 unspecified atom stereocenters. The lowest BCUT2D eigenvalue weighted by Gasteiger charge is -2.51. The van der Waals surface area contributed by atoms with Crippen LogP contribution in [0.2, 0.25) is 0 Å². The van der Waals surface area contributed by atoms with Crippen LogP contribution in [0.15, 0.2) is 41.2 Å². The van der Waals surface area contributed by atoms with Crippen LogP contribution < -0.4 is 16.0 Å². The number of hydrogen-bond acceptors (Lipinski definition) is 6. The predicted octanol–water partition coefficient (Wildman–Crippen LogP) is 0.888. The number of carbonyl (C=O) groups is 4. The summed E-state index contributed by atoms with van der Waals surface area (Å²) in [6.45, 7) is 5.45. The Morgan fingerprint density at radius 3 is 2.41 bits per heavy atom. The summed E-state index contributed by atoms with van der Waals surface area (Å²) >= 11 is 1.30. The Bertz CT molecular complexity index is 971. The van der Waals surface area contributed by atoms with Gasteiger partial charge in [-0.05, 0) is 11.5 Å². The highest BCUT2D eigenvalue weighted by atomic mass is 32.1. The quantitative estimate of drug-likeness (QED) is 0.544. The van der Waals surface area contributed by atoms with Gasteiger partial charge in [-0.3, -0.25) is 19.2 Å². The van der Waals surface area contributed by atoms with Crippen molar-refractivity contribution in [3.05, 3.63) is 52.5 Å². The van der Waals surface area contributed by atoms with Crippen LogP contribution in [0.25, 0.3) is 0 Å². The van der Waals surface area contributed by atoms with Gasteiger partial charge < -0.3 is 20.9 Å². The molecule has 1 aliphatic rings. The maximum Gasteiger partial charge on any atom is 0.271 e. The van der Waals surface area contributed by atoms with E-state index in [1.165, 1.54) is 18.3 Å². The normalized spacial score (nSPS) is 15.4. The largest absolute Gasteiger partial charge is 0.344 e. The average Bonchev–Trinajstić information content (AvgIpc) is 3.27. The van der Waals surface area contributed by atoms with E-state index < -0.39 is 17.5 Å². The number of nitrogens with one attached hydrogen (secondary N) is 3. The molecule has 4 amide bonds. The molecule has 0 spiro atoms. The summed E-state index contributed by atoms with van der Waals surface area (Å²) in [4.78, 5) is 54.8. The standard InChI is InChI=1S/C22H27N5O4S/c1-14(2)19(25-15(3)28)21(31)27-11-22(12-27,16-7-5-4-6-8-16)26-18(29)9-23-20(30)17-10-32-13-24-17/h4-8,10,13-14,19H,9,11-12H2,1-3H3,(H,23,30)(H,25,28)(H,26,29)/t19-/m1/s1. The van der Waals surface area contributed by atoms with Gasteiger partial charge in [0.1, 0.15) is 17.3 Å². The van der Waals surface area contributed by atoms with Crippen LogP contribution in [0.1, 0.15) is 36.8 Å². The van der Waals surface area contributed by atoms with Crippen LogP contribution in [0.3, 0.4) is 0 Å². The fourth-order valence-electron chi connectivity index (χ4n) is 3.67. The third-order valence-electron chi connectivity index (χ3n) is 5.30. The monoisotopic (exact) mass is 457 g/mol. The minimum Gasteiger partial charge on any atom is -0.344 e. The van der Waals surface area contributed by atoms with Crippen LogP contribution in [-0.2, 0) is 19.9 Å². The van der Waals surface area contributed by atoms with E-state index in [-0.39, 0.29) is 49.0 Å². The van der Waals surface area contributed by atoms with Crippen molar-refractivity contribution in [2.45, 2.75) is 32.4 Å². The highest BCUT2D eigenvalue weighted by Crippen LogP contribution is 2.33. The Hall–Kier alpha value is -3.27. The van der Waals surface area contributed by atoms with Gasteiger partial charge in [0.05, 0.1) is 12.1 Å². The lowest BCUT2D eigenvalue weighted by Crippen LogP contribution is -2.71. The number of hydrogen-bond donors (Lipinski definition) is 3. The fourth-order valence-corrected chi connectivity index (χ4v) is 4.20. The van der Waals surface area contributed by atoms with E-state index in [1.807, 2.05) is 44.2 Å². The van der Waals surface area contributed by atoms with E-state index in [0.29, 0.717) is 0 Å². The minimum absolute atomic E-state index is 0.0753. The van der Waals surface area contributed by atoms with Gasteiger partial charge in [-0.15, -0.1) is 11.3 Å². The second-order valence-corrected chi connectivity index (χ2v) is 8.89. The second-order valence-electron chi connectivity index (χ2n) is 8.17. The van der Waals surface area contributed by atoms with Gasteiger partial charge in [0.15, 0.2) is 0 Å². The Labute approximate surface area is 190 Å². The van der Waals surface area contributed by atoms with E-state index in [9.17, 15) is 19.2 Å². The van der Waals surface area contributed by atoms with Gasteiger partial charge >= 0.3 is 0 Å². The molecule has 1 aliphatic heterocycles. The second kappa shape index (κ2) is 9.90. The molecular weight excluding hydrogens is 430 g/mol. The number of likely N-dealkylation sites (tertiary alicyclic amines) is 1. The minimum atomic E-state index is -0.767. The third-order valence-corrected chi connectivity index (χ3v) is 5.89. The summed E-state index contributed by atoms with van der Waals surface area (Å²) in [5.74, 6) is -1.32. The molecule has 1 saturated heterocycles. The van der Waals surface area contributed by atoms with Crippen molar-refractivity contribution in [1.29, 1.82) is 0 Å². The summed E-state index contributed by atoms with van der Waals surface area (Å²) in [7, 11) is 0. The first-order chi connectivity index (χ1) is 15.2. The number of carbonyl (C=O) groups excluding carboxylic acids is 4. The van der Waals surface area contributed by atoms with Crippen molar-refractivity contribution in [3.8, 4) is 0 Å². The summed E-state index contributed by atoms with van der Waals surface area (Å²) in [6.07, 6.45) is 0. The molecule has 3 rings (SSSR count). The van der Waals surface area contributed by atoms with E-state index in [4.69, 9.17) is 0 Å². The summed E-state index contributed by atoms with van der Waals surface area (Å²) < 4.78 is 0. The first kappa shape index (κ1) is 23.4. The molecule has 10 heteroatoms. The maximum absolute atomic E-state index is 13.0. The van der Waals surface area contributed by atoms with Gasteiger partial charge in [0.25, 0.3) is 5.91 Å². The Morgan fingerprint density at radius 2 is 1.84 bits per heavy atom. The van der Waals surface area contributed by atoms with Gasteiger partial charge in [0, 0.05) is 25.4 Å². The van der Waals surface area contributed by atoms with Crippen molar-refractivity contribution >= 4 is 35.0 Å². The van der Waals surface area contributed by atoms with Gasteiger partial charge in [-0.25, -0.2) is 4.98 Å². The Balaban J connectivity index is 1.68. The van der Waals surface area contributed by atoms with Gasteiger partial charge in [-0.2, -0.15) is 0 Å². The molecule has 1 aromatic carbocycles. The molecule has 2 heterocycles. The number of aromatic nitrogens is 1. The molecule has 0 radical (unpaired) electrons. The van der Waals surface area contributed by atoms with Crippen molar-refractivity contribution in [3.63, 3.8) is 0 Å². The number of benzene rings is 1. The van der Waals surface area contributed by atoms with Crippen LogP contribution in [0.5, 0.6) is 0 Å². The van der Waals surface area contributed by atoms with Crippen molar-refractivity contribution < 1.29 is 19.2 Å². The maximum atomic E-state index is 13.0. The van der Waals surface area contributed by atoms with Crippen molar-refractivity contribution in [1.82, 2.24) is 25.8 Å². The number of nitrogens with zero attached hydrogens (tertiary/aromatic N) is 2. The molecule has 1 fully saturated rings. The zero-order chi connectivity index (χ0) is 23.3. The topological polar surface area (TPSA) is 121 Å². The van der Waals surface area contributed by atoms with Crippen LogP contribution in [-0.4, -0.2) is 59.2 Å². The van der Waals surface area contributed by atoms with Crippen molar-refractivity contribution in [2.75, 3.05) is 19.6 Å². The number of thiazole rings is 1. The first-order valence-corrected chi connectivity index (χ1v) is 11.2. The van der Waals surface area contributed by atoms with Gasteiger partial charge in [-0.1, -0.05) is 44.2 Å². The third kappa shape index (κ3) is 5.31. The molecule has 1 atom stereocenters. The molecular formula is C22H27N5O4S. The zero-order valence-electron chi connectivity index (χ0n) is 18.3. The van der Waals surface area contributed by atoms with Crippen LogP contribution >= 0.6 is 11.3 Å². The smallest absolute Gasteiger partial charge is 0.271 e. The molecule has 0 aliphatic carbocycles. The Morgan fingerprint density at radius 1 is 1.16 bits per heavy atom.